The molecule has 4 aliphatic heterocycles. The number of hydrogen-bond acceptors (Lipinski definition) is 6. The smallest absolute Gasteiger partial charge is 0.324 e. The van der Waals surface area contributed by atoms with Crippen LogP contribution in [0.1, 0.15) is 44.3 Å². The predicted molar refractivity (Wildman–Crippen MR) is 92.2 cm³/mol. The zero-order chi connectivity index (χ0) is 17.0. The summed E-state index contributed by atoms with van der Waals surface area (Å²) in [5, 5.41) is 7.00. The Balaban J connectivity index is 1.25. The first kappa shape index (κ1) is 15.6. The van der Waals surface area contributed by atoms with Crippen LogP contribution in [0.2, 0.25) is 0 Å². The highest BCUT2D eigenvalue weighted by atomic mass is 16.5. The number of nitrogens with zero attached hydrogens (tertiary/aromatic N) is 4. The fraction of sp³-hybridized carbons (Fsp3) is 0.833. The van der Waals surface area contributed by atoms with E-state index >= 15 is 0 Å². The van der Waals surface area contributed by atoms with Gasteiger partial charge in [0, 0.05) is 31.6 Å². The van der Waals surface area contributed by atoms with Crippen LogP contribution in [0.3, 0.4) is 0 Å². The van der Waals surface area contributed by atoms with Crippen LogP contribution in [-0.4, -0.2) is 59.2 Å². The van der Waals surface area contributed by atoms with Crippen molar-refractivity contribution in [2.75, 3.05) is 31.1 Å². The molecule has 5 heterocycles. The standard InChI is InChI=1S/C18H27N5O2/c1-12-20-17(25-21-12)23-10-13-2-3-14(23)8-15(13)22-6-4-18(5-7-22)9-16(24)19-11-18/h13-15H,2-11H2,1H3,(H,19,24). The van der Waals surface area contributed by atoms with E-state index in [2.05, 4.69) is 25.3 Å². The summed E-state index contributed by atoms with van der Waals surface area (Å²) in [7, 11) is 0. The number of anilines is 1. The number of aromatic nitrogens is 2. The van der Waals surface area contributed by atoms with Crippen LogP contribution in [0, 0.1) is 18.3 Å². The zero-order valence-corrected chi connectivity index (χ0v) is 14.9. The van der Waals surface area contributed by atoms with Crippen LogP contribution in [0.25, 0.3) is 0 Å². The fourth-order valence-electron chi connectivity index (χ4n) is 5.61. The zero-order valence-electron chi connectivity index (χ0n) is 14.9. The molecule has 5 aliphatic rings. The number of amides is 1. The highest BCUT2D eigenvalue weighted by molar-refractivity contribution is 5.79. The molecule has 5 fully saturated rings. The van der Waals surface area contributed by atoms with E-state index in [0.29, 0.717) is 29.8 Å². The van der Waals surface area contributed by atoms with Crippen molar-refractivity contribution in [2.45, 2.75) is 57.5 Å². The summed E-state index contributed by atoms with van der Waals surface area (Å²) < 4.78 is 5.42. The first-order valence-corrected chi connectivity index (χ1v) is 9.70. The van der Waals surface area contributed by atoms with E-state index in [1.165, 1.54) is 19.3 Å². The van der Waals surface area contributed by atoms with Crippen LogP contribution in [0.5, 0.6) is 0 Å². The third kappa shape index (κ3) is 2.63. The topological polar surface area (TPSA) is 74.5 Å². The van der Waals surface area contributed by atoms with E-state index in [4.69, 9.17) is 4.52 Å². The van der Waals surface area contributed by atoms with Gasteiger partial charge in [-0.2, -0.15) is 4.98 Å². The predicted octanol–water partition coefficient (Wildman–Crippen LogP) is 1.34. The minimum absolute atomic E-state index is 0.245. The largest absolute Gasteiger partial charge is 0.356 e. The molecule has 136 valence electrons. The maximum atomic E-state index is 11.6. The molecule has 4 saturated heterocycles. The molecule has 1 spiro atoms. The average molecular weight is 345 g/mol. The van der Waals surface area contributed by atoms with E-state index in [9.17, 15) is 4.79 Å². The summed E-state index contributed by atoms with van der Waals surface area (Å²) in [6, 6.07) is 1.92. The first-order valence-electron chi connectivity index (χ1n) is 9.70. The van der Waals surface area contributed by atoms with Gasteiger partial charge in [0.05, 0.1) is 0 Å². The lowest BCUT2D eigenvalue weighted by atomic mass is 9.72. The van der Waals surface area contributed by atoms with Crippen LogP contribution in [0.15, 0.2) is 4.52 Å². The van der Waals surface area contributed by atoms with Gasteiger partial charge < -0.3 is 14.7 Å². The molecule has 25 heavy (non-hydrogen) atoms. The molecule has 1 amide bonds. The van der Waals surface area contributed by atoms with Gasteiger partial charge in [-0.3, -0.25) is 9.69 Å². The summed E-state index contributed by atoms with van der Waals surface area (Å²) >= 11 is 0. The summed E-state index contributed by atoms with van der Waals surface area (Å²) in [5.74, 6) is 1.65. The molecule has 6 rings (SSSR count). The lowest BCUT2D eigenvalue weighted by Gasteiger charge is -2.53. The maximum absolute atomic E-state index is 11.6. The van der Waals surface area contributed by atoms with Crippen molar-refractivity contribution >= 4 is 11.9 Å². The quantitative estimate of drug-likeness (QED) is 0.872. The molecule has 2 bridgehead atoms. The van der Waals surface area contributed by atoms with Crippen molar-refractivity contribution in [1.82, 2.24) is 20.4 Å². The van der Waals surface area contributed by atoms with Gasteiger partial charge in [-0.15, -0.1) is 0 Å². The molecule has 0 aromatic carbocycles. The van der Waals surface area contributed by atoms with Gasteiger partial charge in [0.25, 0.3) is 0 Å². The minimum Gasteiger partial charge on any atom is -0.356 e. The Bertz CT molecular complexity index is 666. The molecule has 1 aromatic rings. The van der Waals surface area contributed by atoms with E-state index in [1.807, 2.05) is 6.92 Å². The number of rotatable bonds is 2. The highest BCUT2D eigenvalue weighted by Crippen LogP contribution is 2.43. The average Bonchev–Trinajstić information content (AvgIpc) is 3.22. The van der Waals surface area contributed by atoms with E-state index in [-0.39, 0.29) is 11.3 Å². The number of hydrogen-bond donors (Lipinski definition) is 1. The van der Waals surface area contributed by atoms with Gasteiger partial charge in [-0.25, -0.2) is 0 Å². The molecular weight excluding hydrogens is 318 g/mol. The lowest BCUT2D eigenvalue weighted by molar-refractivity contribution is -0.120. The lowest BCUT2D eigenvalue weighted by Crippen LogP contribution is -2.60. The minimum atomic E-state index is 0.245. The van der Waals surface area contributed by atoms with Crippen LogP contribution >= 0.6 is 0 Å². The summed E-state index contributed by atoms with van der Waals surface area (Å²) in [6.07, 6.45) is 6.80. The first-order chi connectivity index (χ1) is 12.1. The van der Waals surface area contributed by atoms with Crippen LogP contribution < -0.4 is 10.2 Å². The molecule has 3 atom stereocenters. The normalized spacial score (nSPS) is 34.7. The van der Waals surface area contributed by atoms with Gasteiger partial charge in [0.2, 0.25) is 5.91 Å². The number of aryl methyl sites for hydroxylation is 1. The Morgan fingerprint density at radius 3 is 2.72 bits per heavy atom. The molecule has 1 N–H and O–H groups in total. The molecule has 0 radical (unpaired) electrons. The molecule has 3 unspecified atom stereocenters. The monoisotopic (exact) mass is 345 g/mol. The molecule has 7 nitrogen and oxygen atoms in total. The number of likely N-dealkylation sites (tertiary alicyclic amines) is 1. The van der Waals surface area contributed by atoms with Crippen molar-refractivity contribution in [3.63, 3.8) is 0 Å². The van der Waals surface area contributed by atoms with Gasteiger partial charge in [-0.1, -0.05) is 5.16 Å². The summed E-state index contributed by atoms with van der Waals surface area (Å²) in [5.41, 5.74) is 0.245. The Morgan fingerprint density at radius 2 is 2.12 bits per heavy atom. The molecule has 1 aliphatic carbocycles. The van der Waals surface area contributed by atoms with Gasteiger partial charge >= 0.3 is 6.01 Å². The summed E-state index contributed by atoms with van der Waals surface area (Å²) in [6.45, 7) is 6.09. The number of carbonyl (C=O) groups is 1. The Morgan fingerprint density at radius 1 is 1.28 bits per heavy atom. The molecule has 7 heteroatoms. The molecule has 1 aromatic heterocycles. The third-order valence-electron chi connectivity index (χ3n) is 7.09. The van der Waals surface area contributed by atoms with E-state index in [0.717, 1.165) is 45.4 Å². The SMILES string of the molecule is Cc1noc(N2CC3CCC2CC3N2CCC3(CC2)CNC(=O)C3)n1. The highest BCUT2D eigenvalue weighted by Gasteiger charge is 2.47. The third-order valence-corrected chi connectivity index (χ3v) is 7.09. The van der Waals surface area contributed by atoms with Gasteiger partial charge in [0.15, 0.2) is 5.82 Å². The van der Waals surface area contributed by atoms with Crippen molar-refractivity contribution in [3.8, 4) is 0 Å². The molecular formula is C18H27N5O2. The van der Waals surface area contributed by atoms with Crippen molar-refractivity contribution in [1.29, 1.82) is 0 Å². The number of fused-ring (bicyclic) bond motifs is 3. The van der Waals surface area contributed by atoms with Crippen molar-refractivity contribution in [2.24, 2.45) is 11.3 Å². The van der Waals surface area contributed by atoms with Gasteiger partial charge in [-0.05, 0) is 63.5 Å². The second-order valence-electron chi connectivity index (χ2n) is 8.56. The fourth-order valence-corrected chi connectivity index (χ4v) is 5.61. The maximum Gasteiger partial charge on any atom is 0.324 e. The number of nitrogens with one attached hydrogen (secondary N) is 1. The van der Waals surface area contributed by atoms with Gasteiger partial charge in [0.1, 0.15) is 0 Å². The Hall–Kier alpha value is -1.63. The van der Waals surface area contributed by atoms with E-state index < -0.39 is 0 Å². The molecule has 1 saturated carbocycles. The van der Waals surface area contributed by atoms with Crippen LogP contribution in [0.4, 0.5) is 6.01 Å². The Kier molecular flexibility index (Phi) is 3.55. The van der Waals surface area contributed by atoms with E-state index in [1.54, 1.807) is 0 Å². The van der Waals surface area contributed by atoms with Crippen molar-refractivity contribution in [3.05, 3.63) is 5.82 Å². The van der Waals surface area contributed by atoms with Crippen LogP contribution in [-0.2, 0) is 4.79 Å². The Labute approximate surface area is 148 Å². The number of carbonyl (C=O) groups excluding carboxylic acids is 1. The summed E-state index contributed by atoms with van der Waals surface area (Å²) in [4.78, 5) is 21.1. The second kappa shape index (κ2) is 5.69. The number of piperidine rings is 3. The van der Waals surface area contributed by atoms with Crippen molar-refractivity contribution < 1.29 is 9.32 Å². The second-order valence-corrected chi connectivity index (χ2v) is 8.56.